The van der Waals surface area contributed by atoms with Crippen LogP contribution in [0.2, 0.25) is 0 Å². The molecule has 0 radical (unpaired) electrons. The molecule has 0 fully saturated rings. The molecule has 1 aliphatic carbocycles. The van der Waals surface area contributed by atoms with Crippen molar-refractivity contribution in [3.05, 3.63) is 34.9 Å². The van der Waals surface area contributed by atoms with Gasteiger partial charge in [-0.25, -0.2) is 9.69 Å². The predicted octanol–water partition coefficient (Wildman–Crippen LogP) is 3.77. The molecule has 2 aliphatic rings. The van der Waals surface area contributed by atoms with Crippen LogP contribution < -0.4 is 9.64 Å². The standard InChI is InChI=1S/C21H25NO5/c1-12-10-21(13(2)15(12)11-23)16-9-14(26-6)7-8-17(16)22(18(21)24)19(25)27-20(3,4)5/h7-9,11,13H,10H2,1-6H3/t13-,21-/m1/s1. The maximum Gasteiger partial charge on any atom is 0.421 e. The molecule has 2 amide bonds. The van der Waals surface area contributed by atoms with Crippen LogP contribution in [0.5, 0.6) is 5.75 Å². The van der Waals surface area contributed by atoms with Gasteiger partial charge in [0, 0.05) is 5.92 Å². The first-order valence-corrected chi connectivity index (χ1v) is 8.97. The van der Waals surface area contributed by atoms with E-state index in [1.54, 1.807) is 46.1 Å². The average Bonchev–Trinajstić information content (AvgIpc) is 2.98. The van der Waals surface area contributed by atoms with Crippen molar-refractivity contribution >= 4 is 24.0 Å². The molecule has 1 aromatic rings. The summed E-state index contributed by atoms with van der Waals surface area (Å²) in [5, 5.41) is 0. The summed E-state index contributed by atoms with van der Waals surface area (Å²) >= 11 is 0. The molecule has 1 aromatic carbocycles. The minimum absolute atomic E-state index is 0.346. The highest BCUT2D eigenvalue weighted by Gasteiger charge is 2.60. The summed E-state index contributed by atoms with van der Waals surface area (Å²) in [5.41, 5.74) is 0.932. The molecular weight excluding hydrogens is 346 g/mol. The molecule has 1 heterocycles. The predicted molar refractivity (Wildman–Crippen MR) is 101 cm³/mol. The van der Waals surface area contributed by atoms with Gasteiger partial charge >= 0.3 is 6.09 Å². The molecule has 6 nitrogen and oxygen atoms in total. The number of aldehydes is 1. The van der Waals surface area contributed by atoms with E-state index in [0.717, 1.165) is 16.8 Å². The van der Waals surface area contributed by atoms with Gasteiger partial charge in [0.2, 0.25) is 5.91 Å². The van der Waals surface area contributed by atoms with Gasteiger partial charge in [-0.15, -0.1) is 0 Å². The fraction of sp³-hybridized carbons (Fsp3) is 0.476. The zero-order valence-electron chi connectivity index (χ0n) is 16.6. The van der Waals surface area contributed by atoms with Gasteiger partial charge in [0.25, 0.3) is 0 Å². The maximum absolute atomic E-state index is 13.6. The first-order chi connectivity index (χ1) is 12.6. The van der Waals surface area contributed by atoms with Crippen molar-refractivity contribution < 1.29 is 23.9 Å². The number of hydrogen-bond donors (Lipinski definition) is 0. The lowest BCUT2D eigenvalue weighted by atomic mass is 9.71. The number of carbonyl (C=O) groups excluding carboxylic acids is 3. The van der Waals surface area contributed by atoms with Gasteiger partial charge in [-0.1, -0.05) is 12.5 Å². The zero-order chi connectivity index (χ0) is 20.1. The van der Waals surface area contributed by atoms with Crippen molar-refractivity contribution in [3.63, 3.8) is 0 Å². The van der Waals surface area contributed by atoms with Crippen LogP contribution in [-0.4, -0.2) is 31.0 Å². The quantitative estimate of drug-likeness (QED) is 0.740. The third-order valence-electron chi connectivity index (χ3n) is 5.46. The first kappa shape index (κ1) is 19.1. The summed E-state index contributed by atoms with van der Waals surface area (Å²) in [6.45, 7) is 8.98. The molecule has 6 heteroatoms. The number of rotatable bonds is 2. The lowest BCUT2D eigenvalue weighted by Gasteiger charge is -2.29. The fourth-order valence-corrected chi connectivity index (χ4v) is 4.21. The van der Waals surface area contributed by atoms with E-state index < -0.39 is 17.1 Å². The van der Waals surface area contributed by atoms with Gasteiger partial charge < -0.3 is 9.47 Å². The lowest BCUT2D eigenvalue weighted by Crippen LogP contribution is -2.47. The number of hydrogen-bond acceptors (Lipinski definition) is 5. The molecule has 0 saturated carbocycles. The SMILES string of the molecule is COc1ccc2c(c1)[C@]1(CC(C)=C(C=O)[C@H]1C)C(=O)N2C(=O)OC(C)(C)C. The van der Waals surface area contributed by atoms with E-state index in [2.05, 4.69) is 0 Å². The molecule has 0 bridgehead atoms. The average molecular weight is 371 g/mol. The summed E-state index contributed by atoms with van der Waals surface area (Å²) in [6.07, 6.45) is 0.499. The third-order valence-corrected chi connectivity index (χ3v) is 5.46. The van der Waals surface area contributed by atoms with Crippen molar-refractivity contribution in [2.45, 2.75) is 52.1 Å². The van der Waals surface area contributed by atoms with E-state index in [1.165, 1.54) is 0 Å². The Morgan fingerprint density at radius 1 is 1.33 bits per heavy atom. The largest absolute Gasteiger partial charge is 0.497 e. The Labute approximate surface area is 159 Å². The number of amides is 2. The molecule has 0 N–H and O–H groups in total. The summed E-state index contributed by atoms with van der Waals surface area (Å²) < 4.78 is 10.8. The second kappa shape index (κ2) is 6.22. The number of nitrogens with zero attached hydrogens (tertiary/aromatic N) is 1. The molecule has 144 valence electrons. The molecule has 3 rings (SSSR count). The van der Waals surface area contributed by atoms with Crippen molar-refractivity contribution in [1.82, 2.24) is 0 Å². The molecule has 1 spiro atoms. The van der Waals surface area contributed by atoms with Crippen molar-refractivity contribution in [1.29, 1.82) is 0 Å². The van der Waals surface area contributed by atoms with Crippen LogP contribution >= 0.6 is 0 Å². The molecule has 2 atom stereocenters. The van der Waals surface area contributed by atoms with Crippen molar-refractivity contribution in [3.8, 4) is 5.75 Å². The van der Waals surface area contributed by atoms with E-state index in [-0.39, 0.29) is 11.8 Å². The monoisotopic (exact) mass is 371 g/mol. The number of carbonyl (C=O) groups is 3. The fourth-order valence-electron chi connectivity index (χ4n) is 4.21. The minimum Gasteiger partial charge on any atom is -0.497 e. The van der Waals surface area contributed by atoms with Gasteiger partial charge in [0.1, 0.15) is 17.6 Å². The molecular formula is C21H25NO5. The Bertz CT molecular complexity index is 864. The molecule has 1 aliphatic heterocycles. The van der Waals surface area contributed by atoms with Crippen LogP contribution in [0.15, 0.2) is 29.3 Å². The second-order valence-electron chi connectivity index (χ2n) is 8.23. The summed E-state index contributed by atoms with van der Waals surface area (Å²) in [7, 11) is 1.55. The number of ether oxygens (including phenoxy) is 2. The zero-order valence-corrected chi connectivity index (χ0v) is 16.6. The van der Waals surface area contributed by atoms with Crippen LogP contribution in [0, 0.1) is 5.92 Å². The topological polar surface area (TPSA) is 72.9 Å². The van der Waals surface area contributed by atoms with Gasteiger partial charge in [-0.2, -0.15) is 0 Å². The number of allylic oxidation sites excluding steroid dienone is 2. The summed E-state index contributed by atoms with van der Waals surface area (Å²) in [4.78, 5) is 39.1. The number of fused-ring (bicyclic) bond motifs is 2. The Morgan fingerprint density at radius 2 is 2.00 bits per heavy atom. The van der Waals surface area contributed by atoms with Gasteiger partial charge in [0.05, 0.1) is 18.2 Å². The summed E-state index contributed by atoms with van der Waals surface area (Å²) in [5.74, 6) is -0.110. The number of benzene rings is 1. The highest BCUT2D eigenvalue weighted by molar-refractivity contribution is 6.22. The molecule has 0 saturated heterocycles. The van der Waals surface area contributed by atoms with Crippen LogP contribution in [-0.2, 0) is 19.7 Å². The first-order valence-electron chi connectivity index (χ1n) is 8.97. The molecule has 0 unspecified atom stereocenters. The Morgan fingerprint density at radius 3 is 2.52 bits per heavy atom. The Balaban J connectivity index is 2.17. The second-order valence-corrected chi connectivity index (χ2v) is 8.23. The van der Waals surface area contributed by atoms with Gasteiger partial charge in [-0.05, 0) is 63.5 Å². The normalized spacial score (nSPS) is 24.4. The highest BCUT2D eigenvalue weighted by Crippen LogP contribution is 2.56. The number of anilines is 1. The smallest absolute Gasteiger partial charge is 0.421 e. The maximum atomic E-state index is 13.6. The van der Waals surface area contributed by atoms with Crippen LogP contribution in [0.4, 0.5) is 10.5 Å². The van der Waals surface area contributed by atoms with Gasteiger partial charge in [0.15, 0.2) is 0 Å². The van der Waals surface area contributed by atoms with Crippen LogP contribution in [0.3, 0.4) is 0 Å². The number of methoxy groups -OCH3 is 1. The van der Waals surface area contributed by atoms with E-state index >= 15 is 0 Å². The van der Waals surface area contributed by atoms with E-state index in [9.17, 15) is 14.4 Å². The van der Waals surface area contributed by atoms with Crippen molar-refractivity contribution in [2.24, 2.45) is 5.92 Å². The van der Waals surface area contributed by atoms with E-state index in [0.29, 0.717) is 29.0 Å². The minimum atomic E-state index is -0.999. The van der Waals surface area contributed by atoms with Crippen LogP contribution in [0.1, 0.15) is 46.6 Å². The lowest BCUT2D eigenvalue weighted by molar-refractivity contribution is -0.123. The van der Waals surface area contributed by atoms with E-state index in [4.69, 9.17) is 9.47 Å². The Hall–Kier alpha value is -2.63. The van der Waals surface area contributed by atoms with E-state index in [1.807, 2.05) is 13.8 Å². The van der Waals surface area contributed by atoms with Gasteiger partial charge in [-0.3, -0.25) is 9.59 Å². The third kappa shape index (κ3) is 2.74. The molecule has 0 aromatic heterocycles. The molecule has 27 heavy (non-hydrogen) atoms. The Kier molecular flexibility index (Phi) is 4.41. The van der Waals surface area contributed by atoms with Crippen LogP contribution in [0.25, 0.3) is 0 Å². The van der Waals surface area contributed by atoms with Crippen molar-refractivity contribution in [2.75, 3.05) is 12.0 Å². The summed E-state index contributed by atoms with van der Waals surface area (Å²) in [6, 6.07) is 5.20. The highest BCUT2D eigenvalue weighted by atomic mass is 16.6. The number of imide groups is 1.